The fourth-order valence-corrected chi connectivity index (χ4v) is 4.41. The number of carboxylic acid groups (broad SMARTS) is 1. The number of fused-ring (bicyclic) bond motifs is 1. The molecule has 0 heterocycles. The quantitative estimate of drug-likeness (QED) is 0.650. The van der Waals surface area contributed by atoms with Crippen molar-refractivity contribution in [2.75, 3.05) is 14.2 Å². The number of aromatic hydroxyl groups is 2. The van der Waals surface area contributed by atoms with E-state index < -0.39 is 5.97 Å². The number of hydrogen-bond acceptors (Lipinski definition) is 5. The summed E-state index contributed by atoms with van der Waals surface area (Å²) in [6, 6.07) is 7.99. The lowest BCUT2D eigenvalue weighted by Gasteiger charge is -2.35. The van der Waals surface area contributed by atoms with Gasteiger partial charge in [0.05, 0.1) is 14.2 Å². The molecule has 6 nitrogen and oxygen atoms in total. The Bertz CT molecular complexity index is 889. The van der Waals surface area contributed by atoms with Crippen LogP contribution in [0.15, 0.2) is 24.3 Å². The third-order valence-electron chi connectivity index (χ3n) is 5.74. The van der Waals surface area contributed by atoms with Crippen LogP contribution in [0.25, 0.3) is 0 Å². The van der Waals surface area contributed by atoms with Crippen LogP contribution < -0.4 is 9.47 Å². The lowest BCUT2D eigenvalue weighted by molar-refractivity contribution is -0.137. The van der Waals surface area contributed by atoms with Crippen molar-refractivity contribution in [3.63, 3.8) is 0 Å². The molecular weight excluding hydrogens is 360 g/mol. The van der Waals surface area contributed by atoms with E-state index in [0.29, 0.717) is 17.5 Å². The van der Waals surface area contributed by atoms with Crippen molar-refractivity contribution in [2.24, 2.45) is 5.92 Å². The molecule has 0 fully saturated rings. The van der Waals surface area contributed by atoms with Crippen LogP contribution in [0, 0.1) is 12.8 Å². The highest BCUT2D eigenvalue weighted by atomic mass is 16.5. The summed E-state index contributed by atoms with van der Waals surface area (Å²) < 4.78 is 10.6. The van der Waals surface area contributed by atoms with Crippen LogP contribution in [0.3, 0.4) is 0 Å². The fraction of sp³-hybridized carbons (Fsp3) is 0.409. The van der Waals surface area contributed by atoms with Crippen LogP contribution in [0.2, 0.25) is 0 Å². The van der Waals surface area contributed by atoms with E-state index in [4.69, 9.17) is 9.47 Å². The summed E-state index contributed by atoms with van der Waals surface area (Å²) in [6.45, 7) is 1.73. The first-order chi connectivity index (χ1) is 13.4. The second-order valence-corrected chi connectivity index (χ2v) is 7.21. The van der Waals surface area contributed by atoms with Gasteiger partial charge < -0.3 is 24.8 Å². The van der Waals surface area contributed by atoms with E-state index in [1.54, 1.807) is 6.92 Å². The van der Waals surface area contributed by atoms with Crippen LogP contribution in [-0.2, 0) is 11.2 Å². The van der Waals surface area contributed by atoms with Gasteiger partial charge in [-0.25, -0.2) is 0 Å². The molecule has 1 aliphatic carbocycles. The average molecular weight is 386 g/mol. The number of phenolic OH excluding ortho intramolecular Hbond substituents is 2. The normalized spacial score (nSPS) is 18.4. The molecule has 0 spiro atoms. The molecule has 0 saturated heterocycles. The van der Waals surface area contributed by atoms with Gasteiger partial charge in [0.1, 0.15) is 0 Å². The van der Waals surface area contributed by atoms with Crippen LogP contribution >= 0.6 is 0 Å². The van der Waals surface area contributed by atoms with Crippen molar-refractivity contribution in [1.82, 2.24) is 0 Å². The van der Waals surface area contributed by atoms with Gasteiger partial charge in [-0.1, -0.05) is 24.3 Å². The maximum absolute atomic E-state index is 11.2. The minimum atomic E-state index is -0.839. The van der Waals surface area contributed by atoms with Gasteiger partial charge in [0.15, 0.2) is 11.5 Å². The van der Waals surface area contributed by atoms with Gasteiger partial charge in [0.2, 0.25) is 11.5 Å². The zero-order valence-corrected chi connectivity index (χ0v) is 16.4. The number of methoxy groups -OCH3 is 2. The predicted molar refractivity (Wildman–Crippen MR) is 105 cm³/mol. The highest BCUT2D eigenvalue weighted by molar-refractivity contribution is 5.69. The zero-order valence-electron chi connectivity index (χ0n) is 16.4. The molecule has 0 aliphatic heterocycles. The Hall–Kier alpha value is -2.89. The molecule has 0 radical (unpaired) electrons. The summed E-state index contributed by atoms with van der Waals surface area (Å²) in [7, 11) is 2.81. The highest BCUT2D eigenvalue weighted by Gasteiger charge is 2.36. The van der Waals surface area contributed by atoms with Crippen molar-refractivity contribution in [2.45, 2.75) is 38.5 Å². The Kier molecular flexibility index (Phi) is 5.68. The number of phenols is 2. The molecule has 0 bridgehead atoms. The molecule has 2 aromatic carbocycles. The number of ether oxygens (including phenoxy) is 2. The Labute approximate surface area is 164 Å². The van der Waals surface area contributed by atoms with Gasteiger partial charge in [0, 0.05) is 23.5 Å². The fourth-order valence-electron chi connectivity index (χ4n) is 4.41. The Balaban J connectivity index is 2.22. The van der Waals surface area contributed by atoms with E-state index >= 15 is 0 Å². The second-order valence-electron chi connectivity index (χ2n) is 7.21. The minimum Gasteiger partial charge on any atom is -0.504 e. The number of hydrogen-bond donors (Lipinski definition) is 3. The second kappa shape index (κ2) is 8.00. The van der Waals surface area contributed by atoms with E-state index in [0.717, 1.165) is 18.4 Å². The number of aryl methyl sites for hydroxylation is 1. The van der Waals surface area contributed by atoms with Crippen LogP contribution in [0.5, 0.6) is 23.0 Å². The number of carboxylic acids is 1. The molecule has 3 N–H and O–H groups in total. The van der Waals surface area contributed by atoms with Crippen LogP contribution in [0.4, 0.5) is 0 Å². The molecule has 0 aromatic heterocycles. The molecule has 2 atom stereocenters. The Morgan fingerprint density at radius 1 is 1.11 bits per heavy atom. The third kappa shape index (κ3) is 3.35. The molecule has 0 unspecified atom stereocenters. The van der Waals surface area contributed by atoms with Gasteiger partial charge in [0.25, 0.3) is 0 Å². The molecule has 150 valence electrons. The topological polar surface area (TPSA) is 96.2 Å². The molecular formula is C22H26O6. The summed E-state index contributed by atoms with van der Waals surface area (Å²) in [4.78, 5) is 11.2. The summed E-state index contributed by atoms with van der Waals surface area (Å²) in [6.07, 6.45) is 2.21. The molecule has 2 aromatic rings. The lowest BCUT2D eigenvalue weighted by Crippen LogP contribution is -2.23. The molecule has 3 rings (SSSR count). The van der Waals surface area contributed by atoms with Crippen molar-refractivity contribution in [3.05, 3.63) is 46.5 Å². The number of rotatable bonds is 6. The Morgan fingerprint density at radius 2 is 1.75 bits per heavy atom. The third-order valence-corrected chi connectivity index (χ3v) is 5.74. The van der Waals surface area contributed by atoms with Crippen LogP contribution in [-0.4, -0.2) is 35.5 Å². The first-order valence-electron chi connectivity index (χ1n) is 9.36. The summed E-state index contributed by atoms with van der Waals surface area (Å²) in [5, 5.41) is 30.9. The molecule has 28 heavy (non-hydrogen) atoms. The van der Waals surface area contributed by atoms with E-state index in [-0.39, 0.29) is 41.3 Å². The van der Waals surface area contributed by atoms with Crippen LogP contribution in [0.1, 0.15) is 47.4 Å². The number of benzene rings is 2. The van der Waals surface area contributed by atoms with Gasteiger partial charge >= 0.3 is 5.97 Å². The summed E-state index contributed by atoms with van der Waals surface area (Å²) in [5.41, 5.74) is 3.30. The molecule has 0 amide bonds. The molecule has 0 saturated carbocycles. The van der Waals surface area contributed by atoms with Gasteiger partial charge in [-0.05, 0) is 43.2 Å². The maximum Gasteiger partial charge on any atom is 0.303 e. The maximum atomic E-state index is 11.2. The van der Waals surface area contributed by atoms with Gasteiger partial charge in [-0.2, -0.15) is 0 Å². The van der Waals surface area contributed by atoms with E-state index in [2.05, 4.69) is 6.07 Å². The van der Waals surface area contributed by atoms with E-state index in [1.807, 2.05) is 18.2 Å². The van der Waals surface area contributed by atoms with Crippen molar-refractivity contribution >= 4 is 5.97 Å². The largest absolute Gasteiger partial charge is 0.504 e. The zero-order chi connectivity index (χ0) is 20.4. The van der Waals surface area contributed by atoms with Gasteiger partial charge in [-0.15, -0.1) is 0 Å². The van der Waals surface area contributed by atoms with E-state index in [9.17, 15) is 20.1 Å². The summed E-state index contributed by atoms with van der Waals surface area (Å²) in [5.74, 6) is -1.03. The predicted octanol–water partition coefficient (Wildman–Crippen LogP) is 3.98. The molecule has 1 aliphatic rings. The number of aliphatic carboxylic acids is 1. The van der Waals surface area contributed by atoms with Gasteiger partial charge in [-0.3, -0.25) is 4.79 Å². The first kappa shape index (κ1) is 19.9. The van der Waals surface area contributed by atoms with Crippen molar-refractivity contribution < 1.29 is 29.6 Å². The van der Waals surface area contributed by atoms with E-state index in [1.165, 1.54) is 19.8 Å². The number of carbonyl (C=O) groups is 1. The Morgan fingerprint density at radius 3 is 2.39 bits per heavy atom. The molecule has 6 heteroatoms. The first-order valence-corrected chi connectivity index (χ1v) is 9.36. The van der Waals surface area contributed by atoms with Crippen molar-refractivity contribution in [3.8, 4) is 23.0 Å². The standard InChI is InChI=1S/C22H26O6/c1-12-17(20(26)22(28-3)21(27-2)19(12)25)18-14(10-11-16(23)24)9-8-13-6-4-5-7-15(13)18/h4-7,14,18,25-26H,8-11H2,1-3H3,(H,23,24)/t14-,18-/m1/s1. The SMILES string of the molecule is COc1c(O)c(C)c([C@H]2c3ccccc3CC[C@@H]2CCC(=O)O)c(O)c1OC. The lowest BCUT2D eigenvalue weighted by atomic mass is 9.69. The summed E-state index contributed by atoms with van der Waals surface area (Å²) >= 11 is 0. The monoisotopic (exact) mass is 386 g/mol. The minimum absolute atomic E-state index is 0.0214. The smallest absolute Gasteiger partial charge is 0.303 e. The highest BCUT2D eigenvalue weighted by Crippen LogP contribution is 2.55. The average Bonchev–Trinajstić information content (AvgIpc) is 2.69. The van der Waals surface area contributed by atoms with Crippen molar-refractivity contribution in [1.29, 1.82) is 0 Å².